The predicted octanol–water partition coefficient (Wildman–Crippen LogP) is 0.486. The Bertz CT molecular complexity index is 644. The molecule has 21 heavy (non-hydrogen) atoms. The highest BCUT2D eigenvalue weighted by Gasteiger charge is 2.40. The van der Waals surface area contributed by atoms with Crippen molar-refractivity contribution in [1.82, 2.24) is 14.2 Å². The summed E-state index contributed by atoms with van der Waals surface area (Å²) in [5.74, 6) is -1.15. The molecule has 0 aliphatic heterocycles. The number of rotatable bonds is 6. The number of aromatic nitrogens is 1. The second-order valence-corrected chi connectivity index (χ2v) is 7.54. The van der Waals surface area contributed by atoms with Gasteiger partial charge in [-0.05, 0) is 39.4 Å². The summed E-state index contributed by atoms with van der Waals surface area (Å²) in [7, 11) is 1.70. The summed E-state index contributed by atoms with van der Waals surface area (Å²) in [6, 6.07) is 1.17. The van der Waals surface area contributed by atoms with Gasteiger partial charge in [0.1, 0.15) is 10.6 Å². The molecule has 0 radical (unpaired) electrons. The van der Waals surface area contributed by atoms with E-state index in [0.717, 1.165) is 19.3 Å². The van der Waals surface area contributed by atoms with E-state index in [4.69, 9.17) is 5.11 Å². The topological polar surface area (TPSA) is 91.6 Å². The maximum atomic E-state index is 12.3. The molecule has 7 nitrogen and oxygen atoms in total. The minimum Gasteiger partial charge on any atom is -0.477 e. The highest BCUT2D eigenvalue weighted by Crippen LogP contribution is 2.35. The standard InChI is InChI=1S/C13H21N3O4S/c1-15(2)13(5-4-6-13)9-14-21(19,20)10-7-11(12(17)18)16(3)8-10/h7-8,14H,4-6,9H2,1-3H3,(H,17,18). The number of sulfonamides is 1. The Kier molecular flexibility index (Phi) is 4.14. The van der Waals surface area contributed by atoms with E-state index in [1.165, 1.54) is 23.9 Å². The van der Waals surface area contributed by atoms with Gasteiger partial charge in [0, 0.05) is 25.3 Å². The molecule has 8 heteroatoms. The lowest BCUT2D eigenvalue weighted by atomic mass is 9.76. The zero-order valence-corrected chi connectivity index (χ0v) is 13.3. The molecule has 0 bridgehead atoms. The molecule has 1 aliphatic carbocycles. The van der Waals surface area contributed by atoms with E-state index in [1.54, 1.807) is 0 Å². The fraction of sp³-hybridized carbons (Fsp3) is 0.615. The number of carbonyl (C=O) groups is 1. The summed E-state index contributed by atoms with van der Waals surface area (Å²) in [5.41, 5.74) is -0.182. The molecule has 1 heterocycles. The third-order valence-electron chi connectivity index (χ3n) is 4.33. The van der Waals surface area contributed by atoms with Gasteiger partial charge in [0.15, 0.2) is 0 Å². The Labute approximate surface area is 124 Å². The van der Waals surface area contributed by atoms with Crippen molar-refractivity contribution in [1.29, 1.82) is 0 Å². The molecule has 1 fully saturated rings. The quantitative estimate of drug-likeness (QED) is 0.797. The van der Waals surface area contributed by atoms with Crippen molar-refractivity contribution < 1.29 is 18.3 Å². The number of likely N-dealkylation sites (N-methyl/N-ethyl adjacent to an activating group) is 1. The zero-order chi connectivity index (χ0) is 15.8. The highest BCUT2D eigenvalue weighted by molar-refractivity contribution is 7.89. The largest absolute Gasteiger partial charge is 0.477 e. The van der Waals surface area contributed by atoms with Crippen molar-refractivity contribution in [3.63, 3.8) is 0 Å². The van der Waals surface area contributed by atoms with E-state index >= 15 is 0 Å². The number of carboxylic acid groups (broad SMARTS) is 1. The molecule has 0 saturated heterocycles. The number of hydrogen-bond donors (Lipinski definition) is 2. The third-order valence-corrected chi connectivity index (χ3v) is 5.70. The first-order valence-corrected chi connectivity index (χ1v) is 8.23. The molecule has 1 aromatic heterocycles. The van der Waals surface area contributed by atoms with E-state index < -0.39 is 16.0 Å². The molecule has 1 aromatic rings. The fourth-order valence-electron chi connectivity index (χ4n) is 2.57. The lowest BCUT2D eigenvalue weighted by Crippen LogP contribution is -2.57. The minimum absolute atomic E-state index is 0.0179. The minimum atomic E-state index is -3.70. The molecule has 118 valence electrons. The van der Waals surface area contributed by atoms with Crippen LogP contribution in [-0.2, 0) is 17.1 Å². The normalized spacial score (nSPS) is 17.7. The van der Waals surface area contributed by atoms with Gasteiger partial charge in [-0.15, -0.1) is 0 Å². The molecule has 1 saturated carbocycles. The van der Waals surface area contributed by atoms with E-state index in [-0.39, 0.29) is 16.1 Å². The van der Waals surface area contributed by atoms with Gasteiger partial charge in [0.05, 0.1) is 0 Å². The maximum Gasteiger partial charge on any atom is 0.352 e. The molecule has 2 rings (SSSR count). The lowest BCUT2D eigenvalue weighted by Gasteiger charge is -2.47. The first-order valence-electron chi connectivity index (χ1n) is 6.75. The lowest BCUT2D eigenvalue weighted by molar-refractivity contribution is 0.0656. The second-order valence-electron chi connectivity index (χ2n) is 5.77. The van der Waals surface area contributed by atoms with Crippen molar-refractivity contribution in [2.75, 3.05) is 20.6 Å². The molecular weight excluding hydrogens is 294 g/mol. The van der Waals surface area contributed by atoms with Crippen LogP contribution in [-0.4, -0.2) is 55.1 Å². The molecule has 0 atom stereocenters. The van der Waals surface area contributed by atoms with Crippen LogP contribution < -0.4 is 4.72 Å². The molecule has 0 unspecified atom stereocenters. The number of nitrogens with zero attached hydrogens (tertiary/aromatic N) is 2. The monoisotopic (exact) mass is 315 g/mol. The Morgan fingerprint density at radius 2 is 2.10 bits per heavy atom. The SMILES string of the molecule is CN(C)C1(CNS(=O)(=O)c2cc(C(=O)O)n(C)c2)CCC1. The van der Waals surface area contributed by atoms with Crippen LogP contribution in [0.1, 0.15) is 29.8 Å². The van der Waals surface area contributed by atoms with Crippen LogP contribution >= 0.6 is 0 Å². The van der Waals surface area contributed by atoms with Gasteiger partial charge in [0.25, 0.3) is 0 Å². The van der Waals surface area contributed by atoms with Gasteiger partial charge in [-0.25, -0.2) is 17.9 Å². The zero-order valence-electron chi connectivity index (χ0n) is 12.5. The van der Waals surface area contributed by atoms with Gasteiger partial charge < -0.3 is 14.6 Å². The predicted molar refractivity (Wildman–Crippen MR) is 77.8 cm³/mol. The first kappa shape index (κ1) is 16.0. The van der Waals surface area contributed by atoms with Crippen LogP contribution in [0.25, 0.3) is 0 Å². The summed E-state index contributed by atoms with van der Waals surface area (Å²) in [6.07, 6.45) is 4.32. The number of nitrogens with one attached hydrogen (secondary N) is 1. The van der Waals surface area contributed by atoms with Gasteiger partial charge in [-0.2, -0.15) is 0 Å². The number of hydrogen-bond acceptors (Lipinski definition) is 4. The Hall–Kier alpha value is -1.38. The average Bonchev–Trinajstić information content (AvgIpc) is 2.70. The molecular formula is C13H21N3O4S. The molecule has 0 amide bonds. The van der Waals surface area contributed by atoms with Gasteiger partial charge in [-0.1, -0.05) is 0 Å². The summed E-state index contributed by atoms with van der Waals surface area (Å²) in [5, 5.41) is 8.98. The van der Waals surface area contributed by atoms with E-state index in [9.17, 15) is 13.2 Å². The Morgan fingerprint density at radius 3 is 2.48 bits per heavy atom. The summed E-state index contributed by atoms with van der Waals surface area (Å²) < 4.78 is 28.5. The van der Waals surface area contributed by atoms with Crippen LogP contribution in [0.15, 0.2) is 17.2 Å². The summed E-state index contributed by atoms with van der Waals surface area (Å²) in [6.45, 7) is 0.333. The molecule has 2 N–H and O–H groups in total. The van der Waals surface area contributed by atoms with Crippen molar-refractivity contribution >= 4 is 16.0 Å². The highest BCUT2D eigenvalue weighted by atomic mass is 32.2. The summed E-state index contributed by atoms with van der Waals surface area (Å²) in [4.78, 5) is 13.0. The second kappa shape index (κ2) is 5.43. The van der Waals surface area contributed by atoms with Gasteiger partial charge >= 0.3 is 5.97 Å². The number of carboxylic acids is 1. The number of aromatic carboxylic acids is 1. The van der Waals surface area contributed by atoms with Gasteiger partial charge in [-0.3, -0.25) is 0 Å². The number of aryl methyl sites for hydroxylation is 1. The molecule has 1 aliphatic rings. The fourth-order valence-corrected chi connectivity index (χ4v) is 3.76. The van der Waals surface area contributed by atoms with Crippen molar-refractivity contribution in [3.05, 3.63) is 18.0 Å². The Morgan fingerprint density at radius 1 is 1.48 bits per heavy atom. The van der Waals surface area contributed by atoms with Crippen LogP contribution in [0.5, 0.6) is 0 Å². The maximum absolute atomic E-state index is 12.3. The summed E-state index contributed by atoms with van der Waals surface area (Å²) >= 11 is 0. The van der Waals surface area contributed by atoms with Crippen LogP contribution in [0, 0.1) is 0 Å². The average molecular weight is 315 g/mol. The van der Waals surface area contributed by atoms with Crippen LogP contribution in [0.3, 0.4) is 0 Å². The van der Waals surface area contributed by atoms with Crippen LogP contribution in [0.2, 0.25) is 0 Å². The van der Waals surface area contributed by atoms with Crippen molar-refractivity contribution in [2.45, 2.75) is 29.7 Å². The third kappa shape index (κ3) is 2.97. The van der Waals surface area contributed by atoms with E-state index in [1.807, 2.05) is 19.0 Å². The van der Waals surface area contributed by atoms with Gasteiger partial charge in [0.2, 0.25) is 10.0 Å². The van der Waals surface area contributed by atoms with Crippen LogP contribution in [0.4, 0.5) is 0 Å². The smallest absolute Gasteiger partial charge is 0.352 e. The van der Waals surface area contributed by atoms with E-state index in [2.05, 4.69) is 4.72 Å². The molecule has 0 aromatic carbocycles. The van der Waals surface area contributed by atoms with Crippen molar-refractivity contribution in [3.8, 4) is 0 Å². The molecule has 0 spiro atoms. The Balaban J connectivity index is 2.15. The van der Waals surface area contributed by atoms with Crippen molar-refractivity contribution in [2.24, 2.45) is 7.05 Å². The van der Waals surface area contributed by atoms with E-state index in [0.29, 0.717) is 6.54 Å². The first-order chi connectivity index (χ1) is 9.68.